The molecule has 1 amide bonds. The van der Waals surface area contributed by atoms with Crippen molar-refractivity contribution in [2.24, 2.45) is 0 Å². The Labute approximate surface area is 182 Å². The summed E-state index contributed by atoms with van der Waals surface area (Å²) in [5.74, 6) is 0.716. The predicted octanol–water partition coefficient (Wildman–Crippen LogP) is 5.32. The molecule has 1 aromatic heterocycles. The highest BCUT2D eigenvalue weighted by atomic mass is 32.1. The third-order valence-corrected chi connectivity index (χ3v) is 5.01. The van der Waals surface area contributed by atoms with E-state index in [1.165, 1.54) is 31.4 Å². The van der Waals surface area contributed by atoms with E-state index in [-0.39, 0.29) is 11.7 Å². The first-order valence-corrected chi connectivity index (χ1v) is 10.2. The summed E-state index contributed by atoms with van der Waals surface area (Å²) in [5.41, 5.74) is 1.94. The van der Waals surface area contributed by atoms with Gasteiger partial charge in [-0.15, -0.1) is 0 Å². The number of carbonyl (C=O) groups excluding carboxylic acids is 1. The minimum atomic E-state index is -0.373. The Morgan fingerprint density at radius 2 is 1.81 bits per heavy atom. The van der Waals surface area contributed by atoms with Gasteiger partial charge in [-0.2, -0.15) is 9.36 Å². The molecule has 31 heavy (non-hydrogen) atoms. The standard InChI is InChI=1S/C23H18FN3O3S/c1-29-19-12-7-16(22(28)25-18-10-8-17(24)9-11-18)14-20(19)30-23-26-21(27-31-23)13-15-5-3-2-4-6-15/h2-12,14H,13H2,1H3,(H,25,28). The van der Waals surface area contributed by atoms with Crippen molar-refractivity contribution in [3.05, 3.63) is 95.6 Å². The summed E-state index contributed by atoms with van der Waals surface area (Å²) in [6.07, 6.45) is 0.595. The molecule has 4 rings (SSSR count). The zero-order valence-corrected chi connectivity index (χ0v) is 17.4. The van der Waals surface area contributed by atoms with E-state index < -0.39 is 0 Å². The minimum absolute atomic E-state index is 0.344. The van der Waals surface area contributed by atoms with E-state index in [1.54, 1.807) is 18.2 Å². The van der Waals surface area contributed by atoms with E-state index >= 15 is 0 Å². The monoisotopic (exact) mass is 435 g/mol. The first-order chi connectivity index (χ1) is 15.1. The molecule has 3 aromatic carbocycles. The molecule has 0 unspecified atom stereocenters. The fraction of sp³-hybridized carbons (Fsp3) is 0.0870. The third kappa shape index (κ3) is 5.23. The number of aromatic nitrogens is 2. The zero-order valence-electron chi connectivity index (χ0n) is 16.5. The number of carbonyl (C=O) groups is 1. The second-order valence-electron chi connectivity index (χ2n) is 6.57. The third-order valence-electron chi connectivity index (χ3n) is 4.38. The molecular weight excluding hydrogens is 417 g/mol. The second-order valence-corrected chi connectivity index (χ2v) is 7.28. The van der Waals surface area contributed by atoms with Crippen molar-refractivity contribution < 1.29 is 18.7 Å². The number of halogens is 1. The number of nitrogens with one attached hydrogen (secondary N) is 1. The van der Waals surface area contributed by atoms with Crippen molar-refractivity contribution >= 4 is 23.1 Å². The topological polar surface area (TPSA) is 73.3 Å². The highest BCUT2D eigenvalue weighted by Gasteiger charge is 2.15. The molecular formula is C23H18FN3O3S. The largest absolute Gasteiger partial charge is 0.493 e. The van der Waals surface area contributed by atoms with Gasteiger partial charge in [-0.05, 0) is 48.0 Å². The summed E-state index contributed by atoms with van der Waals surface area (Å²) < 4.78 is 28.6. The number of ether oxygens (including phenoxy) is 2. The van der Waals surface area contributed by atoms with E-state index in [1.807, 2.05) is 30.3 Å². The minimum Gasteiger partial charge on any atom is -0.493 e. The molecule has 0 aliphatic heterocycles. The Morgan fingerprint density at radius 1 is 1.03 bits per heavy atom. The molecule has 0 saturated carbocycles. The van der Waals surface area contributed by atoms with Gasteiger partial charge in [-0.3, -0.25) is 4.79 Å². The summed E-state index contributed by atoms with van der Waals surface area (Å²) in [5, 5.41) is 3.07. The van der Waals surface area contributed by atoms with Gasteiger partial charge in [-0.1, -0.05) is 30.3 Å². The van der Waals surface area contributed by atoms with Crippen molar-refractivity contribution in [2.45, 2.75) is 6.42 Å². The first-order valence-electron chi connectivity index (χ1n) is 9.40. The van der Waals surface area contributed by atoms with Crippen LogP contribution in [0.2, 0.25) is 0 Å². The van der Waals surface area contributed by atoms with Crippen molar-refractivity contribution in [2.75, 3.05) is 12.4 Å². The van der Waals surface area contributed by atoms with Gasteiger partial charge >= 0.3 is 0 Å². The number of hydrogen-bond acceptors (Lipinski definition) is 6. The van der Waals surface area contributed by atoms with E-state index in [0.29, 0.717) is 40.2 Å². The van der Waals surface area contributed by atoms with Crippen molar-refractivity contribution in [3.8, 4) is 16.7 Å². The van der Waals surface area contributed by atoms with Crippen LogP contribution in [0.25, 0.3) is 0 Å². The van der Waals surface area contributed by atoms with E-state index in [4.69, 9.17) is 9.47 Å². The number of hydrogen-bond donors (Lipinski definition) is 1. The summed E-state index contributed by atoms with van der Waals surface area (Å²) in [4.78, 5) is 17.0. The van der Waals surface area contributed by atoms with Crippen molar-refractivity contribution in [1.29, 1.82) is 0 Å². The summed E-state index contributed by atoms with van der Waals surface area (Å²) in [6.45, 7) is 0. The molecule has 156 valence electrons. The van der Waals surface area contributed by atoms with Crippen LogP contribution in [0.15, 0.2) is 72.8 Å². The van der Waals surface area contributed by atoms with Gasteiger partial charge < -0.3 is 14.8 Å². The Morgan fingerprint density at radius 3 is 2.55 bits per heavy atom. The molecule has 0 bridgehead atoms. The number of amides is 1. The summed E-state index contributed by atoms with van der Waals surface area (Å²) in [7, 11) is 1.52. The van der Waals surface area contributed by atoms with Crippen LogP contribution in [0.1, 0.15) is 21.7 Å². The number of anilines is 1. The average molecular weight is 435 g/mol. The van der Waals surface area contributed by atoms with Crippen LogP contribution >= 0.6 is 11.5 Å². The maximum atomic E-state index is 13.1. The Balaban J connectivity index is 1.50. The Kier molecular flexibility index (Phi) is 6.18. The lowest BCUT2D eigenvalue weighted by molar-refractivity contribution is 0.102. The van der Waals surface area contributed by atoms with Gasteiger partial charge in [0.2, 0.25) is 0 Å². The molecule has 6 nitrogen and oxygen atoms in total. The molecule has 0 spiro atoms. The zero-order chi connectivity index (χ0) is 21.6. The fourth-order valence-corrected chi connectivity index (χ4v) is 3.42. The van der Waals surface area contributed by atoms with Gasteiger partial charge in [0.05, 0.1) is 7.11 Å². The maximum Gasteiger partial charge on any atom is 0.298 e. The van der Waals surface area contributed by atoms with Gasteiger partial charge in [0.15, 0.2) is 17.3 Å². The Bertz CT molecular complexity index is 1180. The molecule has 1 N–H and O–H groups in total. The molecule has 0 fully saturated rings. The smallest absolute Gasteiger partial charge is 0.298 e. The van der Waals surface area contributed by atoms with Crippen LogP contribution in [0.5, 0.6) is 16.7 Å². The molecule has 0 saturated heterocycles. The summed E-state index contributed by atoms with van der Waals surface area (Å²) in [6, 6.07) is 20.3. The van der Waals surface area contributed by atoms with Gasteiger partial charge in [0, 0.05) is 29.2 Å². The van der Waals surface area contributed by atoms with Crippen LogP contribution in [-0.2, 0) is 6.42 Å². The molecule has 8 heteroatoms. The maximum absolute atomic E-state index is 13.1. The van der Waals surface area contributed by atoms with Crippen LogP contribution in [-0.4, -0.2) is 22.4 Å². The van der Waals surface area contributed by atoms with Gasteiger partial charge in [0.25, 0.3) is 11.1 Å². The highest BCUT2D eigenvalue weighted by molar-refractivity contribution is 7.07. The fourth-order valence-electron chi connectivity index (χ4n) is 2.86. The quantitative estimate of drug-likeness (QED) is 0.425. The number of nitrogens with zero attached hydrogens (tertiary/aromatic N) is 2. The summed E-state index contributed by atoms with van der Waals surface area (Å²) >= 11 is 1.13. The van der Waals surface area contributed by atoms with E-state index in [2.05, 4.69) is 14.7 Å². The molecule has 0 radical (unpaired) electrons. The van der Waals surface area contributed by atoms with Crippen molar-refractivity contribution in [3.63, 3.8) is 0 Å². The highest BCUT2D eigenvalue weighted by Crippen LogP contribution is 2.33. The lowest BCUT2D eigenvalue weighted by Gasteiger charge is -2.10. The number of benzene rings is 3. The molecule has 0 aliphatic rings. The first kappa shape index (κ1) is 20.5. The van der Waals surface area contributed by atoms with Crippen LogP contribution < -0.4 is 14.8 Å². The molecule has 4 aromatic rings. The van der Waals surface area contributed by atoms with Crippen LogP contribution in [0.4, 0.5) is 10.1 Å². The van der Waals surface area contributed by atoms with Crippen LogP contribution in [0.3, 0.4) is 0 Å². The lowest BCUT2D eigenvalue weighted by Crippen LogP contribution is -2.12. The average Bonchev–Trinajstić information content (AvgIpc) is 3.22. The van der Waals surface area contributed by atoms with Gasteiger partial charge in [0.1, 0.15) is 5.82 Å². The van der Waals surface area contributed by atoms with E-state index in [9.17, 15) is 9.18 Å². The van der Waals surface area contributed by atoms with Gasteiger partial charge in [-0.25, -0.2) is 4.39 Å². The SMILES string of the molecule is COc1ccc(C(=O)Nc2ccc(F)cc2)cc1Oc1nc(Cc2ccccc2)ns1. The number of rotatable bonds is 7. The Hall–Kier alpha value is -3.78. The predicted molar refractivity (Wildman–Crippen MR) is 117 cm³/mol. The normalized spacial score (nSPS) is 10.5. The van der Waals surface area contributed by atoms with E-state index in [0.717, 1.165) is 17.1 Å². The lowest BCUT2D eigenvalue weighted by atomic mass is 10.1. The molecule has 0 aliphatic carbocycles. The number of methoxy groups -OCH3 is 1. The molecule has 1 heterocycles. The second kappa shape index (κ2) is 9.36. The van der Waals surface area contributed by atoms with Crippen LogP contribution in [0, 0.1) is 5.82 Å². The van der Waals surface area contributed by atoms with Crippen molar-refractivity contribution in [1.82, 2.24) is 9.36 Å². The molecule has 0 atom stereocenters.